The van der Waals surface area contributed by atoms with Gasteiger partial charge in [0.05, 0.1) is 9.77 Å². The van der Waals surface area contributed by atoms with E-state index in [1.165, 1.54) is 6.92 Å². The maximum absolute atomic E-state index is 11.1. The average Bonchev–Trinajstić information content (AvgIpc) is 2.33. The molecule has 0 N–H and O–H groups in total. The smallest absolute Gasteiger partial charge is 0.178 e. The van der Waals surface area contributed by atoms with Gasteiger partial charge < -0.3 is 4.74 Å². The van der Waals surface area contributed by atoms with E-state index in [-0.39, 0.29) is 5.78 Å². The Labute approximate surface area is 113 Å². The van der Waals surface area contributed by atoms with Crippen molar-refractivity contribution >= 4 is 28.4 Å². The van der Waals surface area contributed by atoms with Gasteiger partial charge >= 0.3 is 0 Å². The highest BCUT2D eigenvalue weighted by Crippen LogP contribution is 2.25. The number of ketones is 1. The van der Waals surface area contributed by atoms with E-state index in [9.17, 15) is 4.79 Å². The van der Waals surface area contributed by atoms with Crippen LogP contribution in [0, 0.1) is 3.57 Å². The van der Waals surface area contributed by atoms with Crippen LogP contribution >= 0.6 is 22.6 Å². The molecule has 0 spiro atoms. The van der Waals surface area contributed by atoms with Crippen molar-refractivity contribution in [3.8, 4) is 11.5 Å². The first-order chi connectivity index (χ1) is 8.16. The van der Waals surface area contributed by atoms with E-state index in [4.69, 9.17) is 4.74 Å². The first-order valence-corrected chi connectivity index (χ1v) is 6.14. The number of Topliss-reactive ketones (excluding diaryl/α,β-unsaturated/α-hetero) is 1. The van der Waals surface area contributed by atoms with Crippen molar-refractivity contribution < 1.29 is 9.53 Å². The number of halogens is 1. The highest BCUT2D eigenvalue weighted by Gasteiger charge is 2.04. The summed E-state index contributed by atoms with van der Waals surface area (Å²) in [5.74, 6) is 1.36. The number of carbonyl (C=O) groups excluding carboxylic acids is 1. The monoisotopic (exact) mass is 339 g/mol. The molecule has 2 aromatic rings. The van der Waals surface area contributed by atoms with Gasteiger partial charge in [0, 0.05) is 6.92 Å². The summed E-state index contributed by atoms with van der Waals surface area (Å²) in [5.41, 5.74) is 0.445. The van der Waals surface area contributed by atoms with Crippen molar-refractivity contribution in [3.05, 3.63) is 51.9 Å². The van der Waals surface area contributed by atoms with E-state index < -0.39 is 0 Å². The van der Waals surface area contributed by atoms with Crippen LogP contribution in [0.2, 0.25) is 0 Å². The molecule has 0 fully saturated rings. The average molecular weight is 339 g/mol. The molecule has 2 rings (SSSR count). The van der Waals surface area contributed by atoms with Gasteiger partial charge in [-0.15, -0.1) is 0 Å². The molecule has 4 heteroatoms. The SMILES string of the molecule is CC(=O)c1ccc(Oc2ccccc2I)cn1. The lowest BCUT2D eigenvalue weighted by atomic mass is 10.3. The molecule has 0 aliphatic carbocycles. The van der Waals surface area contributed by atoms with Crippen LogP contribution in [-0.2, 0) is 0 Å². The number of hydrogen-bond acceptors (Lipinski definition) is 3. The van der Waals surface area contributed by atoms with Crippen LogP contribution in [0.1, 0.15) is 17.4 Å². The Bertz CT molecular complexity index is 537. The molecular weight excluding hydrogens is 329 g/mol. The van der Waals surface area contributed by atoms with Crippen molar-refractivity contribution in [2.24, 2.45) is 0 Å². The van der Waals surface area contributed by atoms with Crippen LogP contribution in [0.25, 0.3) is 0 Å². The summed E-state index contributed by atoms with van der Waals surface area (Å²) in [5, 5.41) is 0. The van der Waals surface area contributed by atoms with E-state index in [0.717, 1.165) is 9.32 Å². The number of para-hydroxylation sites is 1. The fraction of sp³-hybridized carbons (Fsp3) is 0.0769. The molecule has 1 aromatic heterocycles. The highest BCUT2D eigenvalue weighted by atomic mass is 127. The lowest BCUT2D eigenvalue weighted by Gasteiger charge is -2.07. The van der Waals surface area contributed by atoms with E-state index in [1.54, 1.807) is 18.3 Å². The number of carbonyl (C=O) groups is 1. The minimum absolute atomic E-state index is 0.0501. The molecule has 17 heavy (non-hydrogen) atoms. The van der Waals surface area contributed by atoms with Crippen LogP contribution in [0.4, 0.5) is 0 Å². The molecular formula is C13H10INO2. The van der Waals surface area contributed by atoms with Crippen LogP contribution in [0.5, 0.6) is 11.5 Å². The van der Waals surface area contributed by atoms with Gasteiger partial charge in [-0.25, -0.2) is 4.98 Å². The summed E-state index contributed by atoms with van der Waals surface area (Å²) in [6.45, 7) is 1.49. The summed E-state index contributed by atoms with van der Waals surface area (Å²) in [7, 11) is 0. The number of ether oxygens (including phenoxy) is 1. The Morgan fingerprint density at radius 2 is 2.00 bits per heavy atom. The van der Waals surface area contributed by atoms with Crippen molar-refractivity contribution in [2.75, 3.05) is 0 Å². The first kappa shape index (κ1) is 12.0. The van der Waals surface area contributed by atoms with Crippen LogP contribution in [-0.4, -0.2) is 10.8 Å². The summed E-state index contributed by atoms with van der Waals surface area (Å²) >= 11 is 2.20. The molecule has 0 aliphatic rings. The van der Waals surface area contributed by atoms with Gasteiger partial charge in [0.15, 0.2) is 5.78 Å². The second kappa shape index (κ2) is 5.27. The van der Waals surface area contributed by atoms with Gasteiger partial charge in [0.2, 0.25) is 0 Å². The zero-order valence-corrected chi connectivity index (χ0v) is 11.3. The third-order valence-electron chi connectivity index (χ3n) is 2.16. The predicted octanol–water partition coefficient (Wildman–Crippen LogP) is 3.68. The second-order valence-electron chi connectivity index (χ2n) is 3.47. The van der Waals surface area contributed by atoms with Crippen LogP contribution < -0.4 is 4.74 Å². The standard InChI is InChI=1S/C13H10INO2/c1-9(16)12-7-6-10(8-15-12)17-13-5-3-2-4-11(13)14/h2-8H,1H3. The lowest BCUT2D eigenvalue weighted by Crippen LogP contribution is -1.96. The summed E-state index contributed by atoms with van der Waals surface area (Å²) in [4.78, 5) is 15.1. The topological polar surface area (TPSA) is 39.2 Å². The third kappa shape index (κ3) is 3.03. The van der Waals surface area contributed by atoms with E-state index in [1.807, 2.05) is 24.3 Å². The zero-order valence-electron chi connectivity index (χ0n) is 9.18. The zero-order chi connectivity index (χ0) is 12.3. The Balaban J connectivity index is 2.20. The van der Waals surface area contributed by atoms with Gasteiger partial charge in [-0.3, -0.25) is 4.79 Å². The summed E-state index contributed by atoms with van der Waals surface area (Å²) < 4.78 is 6.69. The van der Waals surface area contributed by atoms with E-state index >= 15 is 0 Å². The van der Waals surface area contributed by atoms with Crippen molar-refractivity contribution in [3.63, 3.8) is 0 Å². The minimum atomic E-state index is -0.0501. The minimum Gasteiger partial charge on any atom is -0.455 e. The normalized spacial score (nSPS) is 10.0. The number of benzene rings is 1. The van der Waals surface area contributed by atoms with Gasteiger partial charge in [-0.05, 0) is 46.9 Å². The molecule has 0 radical (unpaired) electrons. The third-order valence-corrected chi connectivity index (χ3v) is 3.05. The van der Waals surface area contributed by atoms with Crippen molar-refractivity contribution in [1.82, 2.24) is 4.98 Å². The summed E-state index contributed by atoms with van der Waals surface area (Å²) in [6.07, 6.45) is 1.56. The first-order valence-electron chi connectivity index (χ1n) is 5.06. The molecule has 1 aromatic carbocycles. The fourth-order valence-corrected chi connectivity index (χ4v) is 1.80. The molecule has 0 bridgehead atoms. The quantitative estimate of drug-likeness (QED) is 0.633. The number of rotatable bonds is 3. The Hall–Kier alpha value is -1.43. The highest BCUT2D eigenvalue weighted by molar-refractivity contribution is 14.1. The molecule has 0 unspecified atom stereocenters. The Kier molecular flexibility index (Phi) is 3.73. The number of aromatic nitrogens is 1. The molecule has 3 nitrogen and oxygen atoms in total. The van der Waals surface area contributed by atoms with Gasteiger partial charge in [-0.1, -0.05) is 12.1 Å². The Morgan fingerprint density at radius 3 is 2.59 bits per heavy atom. The number of pyridine rings is 1. The number of nitrogens with zero attached hydrogens (tertiary/aromatic N) is 1. The maximum atomic E-state index is 11.1. The summed E-state index contributed by atoms with van der Waals surface area (Å²) in [6, 6.07) is 11.1. The molecule has 0 amide bonds. The molecule has 0 saturated heterocycles. The number of hydrogen-bond donors (Lipinski definition) is 0. The predicted molar refractivity (Wildman–Crippen MR) is 73.5 cm³/mol. The lowest BCUT2D eigenvalue weighted by molar-refractivity contribution is 0.101. The largest absolute Gasteiger partial charge is 0.455 e. The second-order valence-corrected chi connectivity index (χ2v) is 4.63. The Morgan fingerprint density at radius 1 is 1.24 bits per heavy atom. The fourth-order valence-electron chi connectivity index (χ4n) is 1.30. The van der Waals surface area contributed by atoms with Crippen LogP contribution in [0.3, 0.4) is 0 Å². The molecule has 86 valence electrons. The van der Waals surface area contributed by atoms with Gasteiger partial charge in [0.25, 0.3) is 0 Å². The van der Waals surface area contributed by atoms with Gasteiger partial charge in [-0.2, -0.15) is 0 Å². The van der Waals surface area contributed by atoms with Crippen LogP contribution in [0.15, 0.2) is 42.6 Å². The molecule has 0 aliphatic heterocycles. The maximum Gasteiger partial charge on any atom is 0.178 e. The molecule has 1 heterocycles. The van der Waals surface area contributed by atoms with E-state index in [2.05, 4.69) is 27.6 Å². The van der Waals surface area contributed by atoms with Gasteiger partial charge in [0.1, 0.15) is 17.2 Å². The molecule has 0 saturated carbocycles. The van der Waals surface area contributed by atoms with E-state index in [0.29, 0.717) is 11.4 Å². The van der Waals surface area contributed by atoms with Crippen molar-refractivity contribution in [2.45, 2.75) is 6.92 Å². The molecule has 0 atom stereocenters. The van der Waals surface area contributed by atoms with Crippen molar-refractivity contribution in [1.29, 1.82) is 0 Å².